The summed E-state index contributed by atoms with van der Waals surface area (Å²) in [7, 11) is 0. The topological polar surface area (TPSA) is 0 Å². The van der Waals surface area contributed by atoms with E-state index in [-0.39, 0.29) is 5.82 Å². The smallest absolute Gasteiger partial charge is 0.123 e. The normalized spacial score (nSPS) is 10.5. The molecule has 0 nitrogen and oxygen atoms in total. The van der Waals surface area contributed by atoms with Crippen LogP contribution >= 0.6 is 0 Å². The van der Waals surface area contributed by atoms with E-state index in [1.54, 1.807) is 12.1 Å². The van der Waals surface area contributed by atoms with Gasteiger partial charge in [0, 0.05) is 5.92 Å². The highest BCUT2D eigenvalue weighted by molar-refractivity contribution is 5.29. The van der Waals surface area contributed by atoms with Gasteiger partial charge in [0.1, 0.15) is 5.82 Å². The first-order valence-corrected chi connectivity index (χ1v) is 3.82. The van der Waals surface area contributed by atoms with Gasteiger partial charge in [0.2, 0.25) is 0 Å². The van der Waals surface area contributed by atoms with Gasteiger partial charge >= 0.3 is 0 Å². The second-order valence-electron chi connectivity index (χ2n) is 2.64. The molecular weight excluding hydrogens is 139 g/mol. The molecule has 0 bridgehead atoms. The number of rotatable bonds is 2. The Balaban J connectivity index is 2.86. The standard InChI is InChI=1S/C10H12F/c1-3-8(2)9-5-4-6-10(11)7-9/h4-7H,3H2,1-2H3. The number of benzene rings is 1. The van der Waals surface area contributed by atoms with Crippen molar-refractivity contribution in [3.63, 3.8) is 0 Å². The highest BCUT2D eigenvalue weighted by Crippen LogP contribution is 2.17. The third kappa shape index (κ3) is 2.04. The molecule has 1 radical (unpaired) electrons. The molecule has 1 heteroatoms. The van der Waals surface area contributed by atoms with E-state index >= 15 is 0 Å². The fourth-order valence-electron chi connectivity index (χ4n) is 0.958. The monoisotopic (exact) mass is 151 g/mol. The van der Waals surface area contributed by atoms with E-state index in [1.807, 2.05) is 13.0 Å². The van der Waals surface area contributed by atoms with Crippen molar-refractivity contribution in [2.24, 2.45) is 0 Å². The molecule has 0 atom stereocenters. The average Bonchev–Trinajstić information content (AvgIpc) is 2.03. The maximum Gasteiger partial charge on any atom is 0.123 e. The Morgan fingerprint density at radius 1 is 1.45 bits per heavy atom. The van der Waals surface area contributed by atoms with Gasteiger partial charge in [0.15, 0.2) is 0 Å². The number of halogens is 1. The van der Waals surface area contributed by atoms with Crippen molar-refractivity contribution in [2.75, 3.05) is 0 Å². The first kappa shape index (κ1) is 8.25. The molecule has 1 aromatic carbocycles. The largest absolute Gasteiger partial charge is 0.207 e. The lowest BCUT2D eigenvalue weighted by molar-refractivity contribution is 0.626. The van der Waals surface area contributed by atoms with Crippen molar-refractivity contribution in [2.45, 2.75) is 20.3 Å². The lowest BCUT2D eigenvalue weighted by atomic mass is 9.99. The molecule has 0 saturated heterocycles. The van der Waals surface area contributed by atoms with Gasteiger partial charge in [-0.1, -0.05) is 26.0 Å². The summed E-state index contributed by atoms with van der Waals surface area (Å²) in [5, 5.41) is 0. The van der Waals surface area contributed by atoms with Crippen LogP contribution in [0.4, 0.5) is 4.39 Å². The Labute approximate surface area is 67.1 Å². The van der Waals surface area contributed by atoms with Gasteiger partial charge < -0.3 is 0 Å². The van der Waals surface area contributed by atoms with E-state index in [4.69, 9.17) is 0 Å². The summed E-state index contributed by atoms with van der Waals surface area (Å²) in [6, 6.07) is 6.71. The van der Waals surface area contributed by atoms with Crippen LogP contribution in [0.2, 0.25) is 0 Å². The number of hydrogen-bond donors (Lipinski definition) is 0. The van der Waals surface area contributed by atoms with Crippen LogP contribution in [0, 0.1) is 11.7 Å². The van der Waals surface area contributed by atoms with Crippen LogP contribution in [0.25, 0.3) is 0 Å². The molecule has 0 amide bonds. The Kier molecular flexibility index (Phi) is 2.64. The van der Waals surface area contributed by atoms with E-state index in [1.165, 1.54) is 12.0 Å². The van der Waals surface area contributed by atoms with Crippen LogP contribution in [-0.4, -0.2) is 0 Å². The molecule has 1 rings (SSSR count). The molecule has 0 aliphatic heterocycles. The van der Waals surface area contributed by atoms with Crippen molar-refractivity contribution >= 4 is 0 Å². The number of hydrogen-bond acceptors (Lipinski definition) is 0. The Morgan fingerprint density at radius 2 is 2.18 bits per heavy atom. The van der Waals surface area contributed by atoms with Gasteiger partial charge in [-0.2, -0.15) is 0 Å². The molecule has 1 aromatic rings. The molecule has 0 spiro atoms. The quantitative estimate of drug-likeness (QED) is 0.609. The van der Waals surface area contributed by atoms with Crippen LogP contribution in [0.1, 0.15) is 25.8 Å². The third-order valence-electron chi connectivity index (χ3n) is 1.85. The van der Waals surface area contributed by atoms with E-state index in [0.29, 0.717) is 0 Å². The van der Waals surface area contributed by atoms with Crippen LogP contribution in [0.3, 0.4) is 0 Å². The van der Waals surface area contributed by atoms with E-state index in [0.717, 1.165) is 12.0 Å². The third-order valence-corrected chi connectivity index (χ3v) is 1.85. The van der Waals surface area contributed by atoms with Crippen LogP contribution in [0.5, 0.6) is 0 Å². The zero-order chi connectivity index (χ0) is 8.27. The summed E-state index contributed by atoms with van der Waals surface area (Å²) in [5.74, 6) is 1.07. The fourth-order valence-corrected chi connectivity index (χ4v) is 0.958. The van der Waals surface area contributed by atoms with Crippen molar-refractivity contribution in [1.29, 1.82) is 0 Å². The zero-order valence-electron chi connectivity index (χ0n) is 6.89. The van der Waals surface area contributed by atoms with Crippen molar-refractivity contribution < 1.29 is 4.39 Å². The molecule has 0 aromatic heterocycles. The van der Waals surface area contributed by atoms with Crippen LogP contribution < -0.4 is 0 Å². The summed E-state index contributed by atoms with van der Waals surface area (Å²) in [6.07, 6.45) is 0.976. The van der Waals surface area contributed by atoms with Gasteiger partial charge in [-0.15, -0.1) is 0 Å². The molecule has 0 aliphatic rings. The van der Waals surface area contributed by atoms with Gasteiger partial charge in [-0.25, -0.2) is 4.39 Å². The Morgan fingerprint density at radius 3 is 2.73 bits per heavy atom. The van der Waals surface area contributed by atoms with Gasteiger partial charge in [0.05, 0.1) is 0 Å². The summed E-state index contributed by atoms with van der Waals surface area (Å²) in [4.78, 5) is 0. The maximum atomic E-state index is 12.7. The summed E-state index contributed by atoms with van der Waals surface area (Å²) in [5.41, 5.74) is 1.01. The van der Waals surface area contributed by atoms with Crippen LogP contribution in [-0.2, 0) is 0 Å². The zero-order valence-corrected chi connectivity index (χ0v) is 6.89. The first-order chi connectivity index (χ1) is 5.24. The van der Waals surface area contributed by atoms with Crippen molar-refractivity contribution in [3.8, 4) is 0 Å². The highest BCUT2D eigenvalue weighted by Gasteiger charge is 2.02. The lowest BCUT2D eigenvalue weighted by Crippen LogP contribution is -1.92. The molecule has 0 saturated carbocycles. The van der Waals surface area contributed by atoms with Gasteiger partial charge in [-0.05, 0) is 24.1 Å². The van der Waals surface area contributed by atoms with E-state index < -0.39 is 0 Å². The van der Waals surface area contributed by atoms with Gasteiger partial charge in [0.25, 0.3) is 0 Å². The minimum atomic E-state index is -0.157. The summed E-state index contributed by atoms with van der Waals surface area (Å²) < 4.78 is 12.7. The fraction of sp³-hybridized carbons (Fsp3) is 0.300. The van der Waals surface area contributed by atoms with E-state index in [2.05, 4.69) is 6.92 Å². The predicted molar refractivity (Wildman–Crippen MR) is 44.7 cm³/mol. The first-order valence-electron chi connectivity index (χ1n) is 3.82. The molecular formula is C10H12F. The minimum absolute atomic E-state index is 0.157. The highest BCUT2D eigenvalue weighted by atomic mass is 19.1. The second kappa shape index (κ2) is 3.51. The summed E-state index contributed by atoms with van der Waals surface area (Å²) in [6.45, 7) is 4.09. The molecule has 0 unspecified atom stereocenters. The molecule has 0 N–H and O–H groups in total. The maximum absolute atomic E-state index is 12.7. The summed E-state index contributed by atoms with van der Waals surface area (Å²) >= 11 is 0. The van der Waals surface area contributed by atoms with Gasteiger partial charge in [-0.3, -0.25) is 0 Å². The van der Waals surface area contributed by atoms with Crippen molar-refractivity contribution in [3.05, 3.63) is 41.6 Å². The predicted octanol–water partition coefficient (Wildman–Crippen LogP) is 3.18. The Bertz CT molecular complexity index is 230. The SMILES string of the molecule is CC[C](C)c1cccc(F)c1. The molecule has 0 aliphatic carbocycles. The molecule has 59 valence electrons. The second-order valence-corrected chi connectivity index (χ2v) is 2.64. The van der Waals surface area contributed by atoms with Crippen LogP contribution in [0.15, 0.2) is 24.3 Å². The molecule has 11 heavy (non-hydrogen) atoms. The lowest BCUT2D eigenvalue weighted by Gasteiger charge is -2.06. The molecule has 0 fully saturated rings. The van der Waals surface area contributed by atoms with E-state index in [9.17, 15) is 4.39 Å². The van der Waals surface area contributed by atoms with Crippen molar-refractivity contribution in [1.82, 2.24) is 0 Å². The molecule has 0 heterocycles. The average molecular weight is 151 g/mol. The Hall–Kier alpha value is -0.850. The minimum Gasteiger partial charge on any atom is -0.207 e.